The first-order valence-electron chi connectivity index (χ1n) is 5.30. The summed E-state index contributed by atoms with van der Waals surface area (Å²) in [5.74, 6) is -0.228. The SMILES string of the molecule is CSC[C@@](C)(O)CNC(=O)c1ccc(F)cc1Br. The second-order valence-electron chi connectivity index (χ2n) is 4.24. The van der Waals surface area contributed by atoms with Gasteiger partial charge in [0.1, 0.15) is 5.82 Å². The Morgan fingerprint density at radius 2 is 2.28 bits per heavy atom. The highest BCUT2D eigenvalue weighted by molar-refractivity contribution is 9.10. The molecule has 1 atom stereocenters. The van der Waals surface area contributed by atoms with E-state index < -0.39 is 11.4 Å². The summed E-state index contributed by atoms with van der Waals surface area (Å²) in [6.45, 7) is 1.81. The minimum absolute atomic E-state index is 0.149. The molecule has 0 bridgehead atoms. The van der Waals surface area contributed by atoms with Crippen LogP contribution in [-0.4, -0.2) is 35.2 Å². The molecule has 0 fully saturated rings. The van der Waals surface area contributed by atoms with Crippen LogP contribution in [0.15, 0.2) is 22.7 Å². The zero-order valence-electron chi connectivity index (χ0n) is 10.2. The molecule has 1 aromatic carbocycles. The first kappa shape index (κ1) is 15.5. The minimum atomic E-state index is -0.957. The fraction of sp³-hybridized carbons (Fsp3) is 0.417. The smallest absolute Gasteiger partial charge is 0.252 e. The molecular weight excluding hydrogens is 321 g/mol. The number of amides is 1. The fourth-order valence-electron chi connectivity index (χ4n) is 1.40. The molecule has 1 aromatic rings. The molecule has 0 unspecified atom stereocenters. The topological polar surface area (TPSA) is 49.3 Å². The Hall–Kier alpha value is -0.590. The lowest BCUT2D eigenvalue weighted by atomic mass is 10.1. The van der Waals surface area contributed by atoms with Crippen molar-refractivity contribution in [1.82, 2.24) is 5.32 Å². The highest BCUT2D eigenvalue weighted by atomic mass is 79.9. The van der Waals surface area contributed by atoms with Gasteiger partial charge in [-0.15, -0.1) is 0 Å². The lowest BCUT2D eigenvalue weighted by Gasteiger charge is -2.22. The van der Waals surface area contributed by atoms with E-state index in [1.54, 1.807) is 6.92 Å². The highest BCUT2D eigenvalue weighted by Gasteiger charge is 2.21. The molecule has 0 aliphatic heterocycles. The van der Waals surface area contributed by atoms with Crippen LogP contribution in [0, 0.1) is 5.82 Å². The summed E-state index contributed by atoms with van der Waals surface area (Å²) in [5.41, 5.74) is -0.613. The van der Waals surface area contributed by atoms with Crippen molar-refractivity contribution in [1.29, 1.82) is 0 Å². The van der Waals surface area contributed by atoms with Crippen molar-refractivity contribution in [3.8, 4) is 0 Å². The van der Waals surface area contributed by atoms with Gasteiger partial charge in [0.15, 0.2) is 0 Å². The maximum Gasteiger partial charge on any atom is 0.252 e. The zero-order chi connectivity index (χ0) is 13.8. The van der Waals surface area contributed by atoms with Gasteiger partial charge in [-0.1, -0.05) is 0 Å². The van der Waals surface area contributed by atoms with Crippen molar-refractivity contribution in [2.45, 2.75) is 12.5 Å². The third kappa shape index (κ3) is 4.59. The van der Waals surface area contributed by atoms with Gasteiger partial charge in [0.25, 0.3) is 5.91 Å². The maximum absolute atomic E-state index is 12.9. The van der Waals surface area contributed by atoms with Crippen LogP contribution in [0.25, 0.3) is 0 Å². The van der Waals surface area contributed by atoms with E-state index in [4.69, 9.17) is 0 Å². The van der Waals surface area contributed by atoms with E-state index in [9.17, 15) is 14.3 Å². The largest absolute Gasteiger partial charge is 0.387 e. The molecule has 2 N–H and O–H groups in total. The van der Waals surface area contributed by atoms with Crippen molar-refractivity contribution in [2.75, 3.05) is 18.6 Å². The predicted molar refractivity (Wildman–Crippen MR) is 75.4 cm³/mol. The highest BCUT2D eigenvalue weighted by Crippen LogP contribution is 2.18. The number of hydrogen-bond donors (Lipinski definition) is 2. The first-order valence-corrected chi connectivity index (χ1v) is 7.49. The van der Waals surface area contributed by atoms with Crippen LogP contribution >= 0.6 is 27.7 Å². The van der Waals surface area contributed by atoms with Crippen LogP contribution in [0.1, 0.15) is 17.3 Å². The summed E-state index contributed by atoms with van der Waals surface area (Å²) < 4.78 is 13.3. The molecule has 0 saturated carbocycles. The lowest BCUT2D eigenvalue weighted by Crippen LogP contribution is -2.42. The molecule has 6 heteroatoms. The lowest BCUT2D eigenvalue weighted by molar-refractivity contribution is 0.0724. The monoisotopic (exact) mass is 335 g/mol. The van der Waals surface area contributed by atoms with Crippen LogP contribution in [0.5, 0.6) is 0 Å². The molecule has 0 heterocycles. The minimum Gasteiger partial charge on any atom is -0.387 e. The van der Waals surface area contributed by atoms with Crippen molar-refractivity contribution in [3.05, 3.63) is 34.1 Å². The second-order valence-corrected chi connectivity index (χ2v) is 5.96. The van der Waals surface area contributed by atoms with E-state index in [0.29, 0.717) is 15.8 Å². The summed E-state index contributed by atoms with van der Waals surface area (Å²) in [7, 11) is 0. The molecule has 1 rings (SSSR count). The third-order valence-corrected chi connectivity index (χ3v) is 3.83. The van der Waals surface area contributed by atoms with Crippen LogP contribution in [0.3, 0.4) is 0 Å². The summed E-state index contributed by atoms with van der Waals surface area (Å²) in [6, 6.07) is 3.85. The Balaban J connectivity index is 2.66. The molecule has 0 aliphatic carbocycles. The number of carbonyl (C=O) groups is 1. The standard InChI is InChI=1S/C12H15BrFNO2S/c1-12(17,7-18-2)6-15-11(16)9-4-3-8(14)5-10(9)13/h3-5,17H,6-7H2,1-2H3,(H,15,16)/t12-/m0/s1. The number of aliphatic hydroxyl groups is 1. The van der Waals surface area contributed by atoms with Gasteiger partial charge in [-0.05, 0) is 47.3 Å². The van der Waals surface area contributed by atoms with Gasteiger partial charge in [-0.3, -0.25) is 4.79 Å². The fourth-order valence-corrected chi connectivity index (χ4v) is 2.66. The van der Waals surface area contributed by atoms with E-state index in [-0.39, 0.29) is 12.5 Å². The second kappa shape index (κ2) is 6.54. The Labute approximate surface area is 118 Å². The molecule has 0 aliphatic rings. The Morgan fingerprint density at radius 3 is 2.83 bits per heavy atom. The summed E-state index contributed by atoms with van der Waals surface area (Å²) in [5, 5.41) is 12.5. The number of carbonyl (C=O) groups excluding carboxylic acids is 1. The third-order valence-electron chi connectivity index (χ3n) is 2.26. The van der Waals surface area contributed by atoms with E-state index in [1.165, 1.54) is 30.0 Å². The van der Waals surface area contributed by atoms with Gasteiger partial charge in [-0.25, -0.2) is 4.39 Å². The van der Waals surface area contributed by atoms with Crippen LogP contribution in [0.4, 0.5) is 4.39 Å². The van der Waals surface area contributed by atoms with Crippen LogP contribution < -0.4 is 5.32 Å². The van der Waals surface area contributed by atoms with E-state index in [2.05, 4.69) is 21.2 Å². The maximum atomic E-state index is 12.9. The van der Waals surface area contributed by atoms with E-state index >= 15 is 0 Å². The van der Waals surface area contributed by atoms with Crippen molar-refractivity contribution >= 4 is 33.6 Å². The van der Waals surface area contributed by atoms with Crippen LogP contribution in [0.2, 0.25) is 0 Å². The molecule has 1 amide bonds. The first-order chi connectivity index (χ1) is 8.35. The summed E-state index contributed by atoms with van der Waals surface area (Å²) >= 11 is 4.63. The number of rotatable bonds is 5. The number of hydrogen-bond acceptors (Lipinski definition) is 3. The molecule has 100 valence electrons. The Bertz CT molecular complexity index is 440. The van der Waals surface area contributed by atoms with Gasteiger partial charge in [0.2, 0.25) is 0 Å². The Morgan fingerprint density at radius 1 is 1.61 bits per heavy atom. The van der Waals surface area contributed by atoms with Crippen molar-refractivity contribution in [3.63, 3.8) is 0 Å². The van der Waals surface area contributed by atoms with Gasteiger partial charge in [-0.2, -0.15) is 11.8 Å². The molecule has 0 saturated heterocycles. The van der Waals surface area contributed by atoms with Gasteiger partial charge in [0.05, 0.1) is 11.2 Å². The number of benzene rings is 1. The van der Waals surface area contributed by atoms with E-state index in [1.807, 2.05) is 6.26 Å². The predicted octanol–water partition coefficient (Wildman–Crippen LogP) is 2.43. The normalized spacial score (nSPS) is 14.1. The van der Waals surface area contributed by atoms with Gasteiger partial charge >= 0.3 is 0 Å². The Kier molecular flexibility index (Phi) is 5.62. The number of halogens is 2. The molecule has 0 spiro atoms. The van der Waals surface area contributed by atoms with Crippen LogP contribution in [-0.2, 0) is 0 Å². The van der Waals surface area contributed by atoms with Crippen molar-refractivity contribution in [2.24, 2.45) is 0 Å². The quantitative estimate of drug-likeness (QED) is 0.868. The van der Waals surface area contributed by atoms with Crippen molar-refractivity contribution < 1.29 is 14.3 Å². The number of thioether (sulfide) groups is 1. The molecule has 0 aromatic heterocycles. The van der Waals surface area contributed by atoms with Gasteiger partial charge in [0, 0.05) is 16.8 Å². The molecular formula is C12H15BrFNO2S. The summed E-state index contributed by atoms with van der Waals surface area (Å²) in [6.07, 6.45) is 1.88. The number of nitrogens with one attached hydrogen (secondary N) is 1. The summed E-state index contributed by atoms with van der Waals surface area (Å²) in [4.78, 5) is 11.8. The van der Waals surface area contributed by atoms with Gasteiger partial charge < -0.3 is 10.4 Å². The van der Waals surface area contributed by atoms with E-state index in [0.717, 1.165) is 0 Å². The molecule has 18 heavy (non-hydrogen) atoms. The average Bonchev–Trinajstić information content (AvgIpc) is 2.26. The zero-order valence-corrected chi connectivity index (χ0v) is 12.6. The molecule has 0 radical (unpaired) electrons. The molecule has 3 nitrogen and oxygen atoms in total. The average molecular weight is 336 g/mol.